The molecule has 1 saturated carbocycles. The second-order valence-electron chi connectivity index (χ2n) is 10.9. The lowest BCUT2D eigenvalue weighted by Crippen LogP contribution is -2.51. The Bertz CT molecular complexity index is 797. The number of nitrogens with one attached hydrogen (secondary N) is 1. The number of benzene rings is 1. The van der Waals surface area contributed by atoms with Gasteiger partial charge in [-0.05, 0) is 61.5 Å². The van der Waals surface area contributed by atoms with E-state index in [9.17, 15) is 0 Å². The number of hydrogen-bond acceptors (Lipinski definition) is 3. The first-order valence-electron chi connectivity index (χ1n) is 12.0. The fourth-order valence-electron chi connectivity index (χ4n) is 4.53. The highest BCUT2D eigenvalue weighted by Crippen LogP contribution is 2.41. The maximum atomic E-state index is 6.74. The third kappa shape index (κ3) is 5.85. The highest BCUT2D eigenvalue weighted by atomic mass is 28.4. The molecule has 31 heavy (non-hydrogen) atoms. The van der Waals surface area contributed by atoms with Crippen LogP contribution in [0.5, 0.6) is 0 Å². The van der Waals surface area contributed by atoms with Crippen LogP contribution >= 0.6 is 0 Å². The van der Waals surface area contributed by atoms with Crippen LogP contribution in [0.3, 0.4) is 0 Å². The molecule has 1 aliphatic carbocycles. The second-order valence-corrected chi connectivity index (χ2v) is 15.7. The standard InChI is InChI=1S/C27H42N2OSi/c1-26(2,3)31(5,6)30-21-24(22-15-9-7-10-16-22)29-27(4,23-17-11-8-12-18-23)25-19-13-14-20-28-25/h7,9-10,13-16,19-20,23-24,29H,8,11-12,17-18,21H2,1-6H3/t24-,27+/m1/s1. The SMILES string of the molecule is CC(C)(C)[Si](C)(C)OC[C@@H](N[C@](C)(c1ccccn1)C1CCCCC1)c1ccccc1. The lowest BCUT2D eigenvalue weighted by atomic mass is 9.73. The Kier molecular flexibility index (Phi) is 7.77. The van der Waals surface area contributed by atoms with E-state index in [2.05, 4.69) is 88.6 Å². The average Bonchev–Trinajstić information content (AvgIpc) is 2.77. The maximum absolute atomic E-state index is 6.74. The lowest BCUT2D eigenvalue weighted by molar-refractivity contribution is 0.131. The van der Waals surface area contributed by atoms with Gasteiger partial charge in [-0.1, -0.05) is 76.4 Å². The van der Waals surface area contributed by atoms with Crippen molar-refractivity contribution in [3.63, 3.8) is 0 Å². The average molecular weight is 439 g/mol. The van der Waals surface area contributed by atoms with Crippen molar-refractivity contribution in [1.29, 1.82) is 0 Å². The van der Waals surface area contributed by atoms with Crippen molar-refractivity contribution in [1.82, 2.24) is 10.3 Å². The van der Waals surface area contributed by atoms with Crippen LogP contribution in [0.4, 0.5) is 0 Å². The summed E-state index contributed by atoms with van der Waals surface area (Å²) in [6.07, 6.45) is 8.42. The molecular formula is C27H42N2OSi. The van der Waals surface area contributed by atoms with Crippen molar-refractivity contribution in [3.05, 3.63) is 66.0 Å². The van der Waals surface area contributed by atoms with Crippen molar-refractivity contribution in [3.8, 4) is 0 Å². The fraction of sp³-hybridized carbons (Fsp3) is 0.593. The van der Waals surface area contributed by atoms with Gasteiger partial charge in [0.1, 0.15) is 0 Å². The summed E-state index contributed by atoms with van der Waals surface area (Å²) < 4.78 is 6.74. The third-order valence-corrected chi connectivity index (χ3v) is 12.2. The molecule has 0 amide bonds. The topological polar surface area (TPSA) is 34.1 Å². The number of rotatable bonds is 8. The second kappa shape index (κ2) is 9.97. The van der Waals surface area contributed by atoms with Crippen molar-refractivity contribution < 1.29 is 4.43 Å². The zero-order valence-corrected chi connectivity index (χ0v) is 21.4. The van der Waals surface area contributed by atoms with E-state index in [1.165, 1.54) is 37.7 Å². The van der Waals surface area contributed by atoms with Gasteiger partial charge in [0, 0.05) is 6.20 Å². The summed E-state index contributed by atoms with van der Waals surface area (Å²) >= 11 is 0. The van der Waals surface area contributed by atoms with E-state index in [1.54, 1.807) is 0 Å². The molecule has 0 unspecified atom stereocenters. The minimum Gasteiger partial charge on any atom is -0.415 e. The van der Waals surface area contributed by atoms with Crippen molar-refractivity contribution in [2.75, 3.05) is 6.61 Å². The number of nitrogens with zero attached hydrogens (tertiary/aromatic N) is 1. The summed E-state index contributed by atoms with van der Waals surface area (Å²) in [5.41, 5.74) is 2.26. The molecule has 1 fully saturated rings. The predicted molar refractivity (Wildman–Crippen MR) is 134 cm³/mol. The molecule has 0 bridgehead atoms. The van der Waals surface area contributed by atoms with Crippen molar-refractivity contribution in [2.45, 2.75) is 89.5 Å². The zero-order valence-electron chi connectivity index (χ0n) is 20.4. The smallest absolute Gasteiger partial charge is 0.192 e. The maximum Gasteiger partial charge on any atom is 0.192 e. The minimum absolute atomic E-state index is 0.129. The Hall–Kier alpha value is -1.49. The van der Waals surface area contributed by atoms with Gasteiger partial charge in [0.2, 0.25) is 0 Å². The normalized spacial score (nSPS) is 19.0. The highest BCUT2D eigenvalue weighted by molar-refractivity contribution is 6.74. The van der Waals surface area contributed by atoms with Crippen molar-refractivity contribution in [2.24, 2.45) is 5.92 Å². The largest absolute Gasteiger partial charge is 0.415 e. The van der Waals surface area contributed by atoms with Crippen LogP contribution in [-0.2, 0) is 9.96 Å². The van der Waals surface area contributed by atoms with E-state index in [0.29, 0.717) is 12.5 Å². The van der Waals surface area contributed by atoms with Gasteiger partial charge in [0.05, 0.1) is 23.9 Å². The van der Waals surface area contributed by atoms with Crippen LogP contribution in [0.25, 0.3) is 0 Å². The monoisotopic (exact) mass is 438 g/mol. The zero-order chi connectivity index (χ0) is 22.5. The van der Waals surface area contributed by atoms with E-state index in [4.69, 9.17) is 9.41 Å². The summed E-state index contributed by atoms with van der Waals surface area (Å²) in [5.74, 6) is 0.579. The predicted octanol–water partition coefficient (Wildman–Crippen LogP) is 7.23. The molecule has 2 aromatic rings. The van der Waals surface area contributed by atoms with E-state index in [0.717, 1.165) is 5.69 Å². The van der Waals surface area contributed by atoms with Gasteiger partial charge in [0.25, 0.3) is 0 Å². The fourth-order valence-corrected chi connectivity index (χ4v) is 5.54. The van der Waals surface area contributed by atoms with Gasteiger partial charge in [-0.25, -0.2) is 0 Å². The quantitative estimate of drug-likeness (QED) is 0.441. The summed E-state index contributed by atoms with van der Waals surface area (Å²) in [5, 5.41) is 4.29. The van der Waals surface area contributed by atoms with Crippen LogP contribution in [0, 0.1) is 5.92 Å². The van der Waals surface area contributed by atoms with E-state index in [1.807, 2.05) is 12.3 Å². The van der Waals surface area contributed by atoms with Gasteiger partial charge in [-0.15, -0.1) is 0 Å². The van der Waals surface area contributed by atoms with Gasteiger partial charge >= 0.3 is 0 Å². The summed E-state index contributed by atoms with van der Waals surface area (Å²) in [4.78, 5) is 4.83. The minimum atomic E-state index is -1.85. The molecule has 0 saturated heterocycles. The van der Waals surface area contributed by atoms with Crippen LogP contribution in [0.1, 0.15) is 77.1 Å². The van der Waals surface area contributed by atoms with Crippen LogP contribution in [-0.4, -0.2) is 19.9 Å². The van der Waals surface area contributed by atoms with Crippen molar-refractivity contribution >= 4 is 8.32 Å². The van der Waals surface area contributed by atoms with Crippen LogP contribution < -0.4 is 5.32 Å². The van der Waals surface area contributed by atoms with Gasteiger partial charge < -0.3 is 4.43 Å². The number of pyridine rings is 1. The molecule has 0 radical (unpaired) electrons. The molecular weight excluding hydrogens is 396 g/mol. The molecule has 0 aliphatic heterocycles. The van der Waals surface area contributed by atoms with Crippen LogP contribution in [0.2, 0.25) is 18.1 Å². The van der Waals surface area contributed by atoms with E-state index in [-0.39, 0.29) is 16.6 Å². The Morgan fingerprint density at radius 1 is 0.968 bits per heavy atom. The molecule has 2 atom stereocenters. The van der Waals surface area contributed by atoms with Crippen LogP contribution in [0.15, 0.2) is 54.7 Å². The molecule has 1 aliphatic rings. The molecule has 170 valence electrons. The molecule has 1 N–H and O–H groups in total. The first-order chi connectivity index (χ1) is 14.6. The first kappa shape index (κ1) is 24.2. The molecule has 1 aromatic carbocycles. The van der Waals surface area contributed by atoms with Gasteiger partial charge in [-0.3, -0.25) is 10.3 Å². The number of aromatic nitrogens is 1. The van der Waals surface area contributed by atoms with E-state index < -0.39 is 8.32 Å². The Morgan fingerprint density at radius 3 is 2.19 bits per heavy atom. The Balaban J connectivity index is 1.93. The lowest BCUT2D eigenvalue weighted by Gasteiger charge is -2.44. The molecule has 3 rings (SSSR count). The summed E-state index contributed by atoms with van der Waals surface area (Å²) in [6.45, 7) is 14.7. The number of hydrogen-bond donors (Lipinski definition) is 1. The highest BCUT2D eigenvalue weighted by Gasteiger charge is 2.41. The molecule has 0 spiro atoms. The van der Waals surface area contributed by atoms with Gasteiger partial charge in [-0.2, -0.15) is 0 Å². The molecule has 3 nitrogen and oxygen atoms in total. The molecule has 4 heteroatoms. The Morgan fingerprint density at radius 2 is 1.61 bits per heavy atom. The summed E-state index contributed by atoms with van der Waals surface area (Å²) in [7, 11) is -1.85. The molecule has 1 aromatic heterocycles. The molecule has 1 heterocycles. The Labute approximate surface area is 191 Å². The summed E-state index contributed by atoms with van der Waals surface area (Å²) in [6, 6.07) is 17.3. The first-order valence-corrected chi connectivity index (χ1v) is 14.9. The van der Waals surface area contributed by atoms with Gasteiger partial charge in [0.15, 0.2) is 8.32 Å². The third-order valence-electron chi connectivity index (χ3n) is 7.71. The van der Waals surface area contributed by atoms with E-state index >= 15 is 0 Å².